The van der Waals surface area contributed by atoms with E-state index in [4.69, 9.17) is 15.0 Å². The highest BCUT2D eigenvalue weighted by Crippen LogP contribution is 2.42. The maximum absolute atomic E-state index is 5.09. The molecule has 1 N–H and O–H groups in total. The van der Waals surface area contributed by atoms with Crippen LogP contribution in [0.3, 0.4) is 0 Å². The fraction of sp³-hybridized carbons (Fsp3) is 0.364. The maximum Gasteiger partial charge on any atom is 0.189 e. The number of thioether (sulfide) groups is 1. The highest BCUT2D eigenvalue weighted by molar-refractivity contribution is 7.98. The molecule has 4 aromatic rings. The van der Waals surface area contributed by atoms with Gasteiger partial charge in [-0.1, -0.05) is 31.2 Å². The average molecular weight is 422 g/mol. The Bertz CT molecular complexity index is 1190. The number of thiophene rings is 1. The summed E-state index contributed by atoms with van der Waals surface area (Å²) in [6.45, 7) is 2.92. The fourth-order valence-corrected chi connectivity index (χ4v) is 5.66. The van der Waals surface area contributed by atoms with E-state index >= 15 is 0 Å². The van der Waals surface area contributed by atoms with E-state index in [0.717, 1.165) is 57.3 Å². The second-order valence-corrected chi connectivity index (χ2v) is 9.13. The van der Waals surface area contributed by atoms with Crippen LogP contribution in [0.2, 0.25) is 0 Å². The Morgan fingerprint density at radius 3 is 2.86 bits per heavy atom. The molecule has 29 heavy (non-hydrogen) atoms. The number of anilines is 1. The van der Waals surface area contributed by atoms with Gasteiger partial charge in [-0.15, -0.1) is 11.3 Å². The summed E-state index contributed by atoms with van der Waals surface area (Å²) < 4.78 is 1.11. The van der Waals surface area contributed by atoms with Crippen molar-refractivity contribution in [3.05, 3.63) is 46.9 Å². The molecule has 0 aliphatic heterocycles. The van der Waals surface area contributed by atoms with Crippen molar-refractivity contribution in [1.29, 1.82) is 0 Å². The van der Waals surface area contributed by atoms with E-state index in [1.165, 1.54) is 28.6 Å². The van der Waals surface area contributed by atoms with Crippen LogP contribution in [0, 0.1) is 0 Å². The minimum Gasteiger partial charge on any atom is -0.365 e. The smallest absolute Gasteiger partial charge is 0.189 e. The van der Waals surface area contributed by atoms with Gasteiger partial charge >= 0.3 is 0 Å². The van der Waals surface area contributed by atoms with Gasteiger partial charge in [0.05, 0.1) is 10.2 Å². The molecule has 5 nitrogen and oxygen atoms in total. The zero-order valence-corrected chi connectivity index (χ0v) is 18.3. The van der Waals surface area contributed by atoms with Crippen molar-refractivity contribution in [1.82, 2.24) is 19.9 Å². The molecular weight excluding hydrogens is 398 g/mol. The summed E-state index contributed by atoms with van der Waals surface area (Å²) in [7, 11) is 0. The number of hydrogen-bond acceptors (Lipinski definition) is 7. The molecule has 0 spiro atoms. The molecule has 1 aliphatic rings. The Morgan fingerprint density at radius 2 is 2.07 bits per heavy atom. The molecule has 0 bridgehead atoms. The van der Waals surface area contributed by atoms with E-state index in [9.17, 15) is 0 Å². The van der Waals surface area contributed by atoms with E-state index < -0.39 is 0 Å². The van der Waals surface area contributed by atoms with Crippen LogP contribution in [-0.2, 0) is 25.8 Å². The summed E-state index contributed by atoms with van der Waals surface area (Å²) in [6.07, 6.45) is 11.4. The quantitative estimate of drug-likeness (QED) is 0.332. The normalized spacial score (nSPS) is 13.3. The van der Waals surface area contributed by atoms with Crippen molar-refractivity contribution in [3.63, 3.8) is 0 Å². The van der Waals surface area contributed by atoms with Gasteiger partial charge in [-0.3, -0.25) is 4.98 Å². The van der Waals surface area contributed by atoms with Crippen LogP contribution in [0.15, 0.2) is 29.7 Å². The van der Waals surface area contributed by atoms with Crippen LogP contribution >= 0.6 is 23.1 Å². The molecule has 7 heteroatoms. The number of fused-ring (bicyclic) bond motifs is 5. The predicted octanol–water partition coefficient (Wildman–Crippen LogP) is 5.41. The Morgan fingerprint density at radius 1 is 1.17 bits per heavy atom. The van der Waals surface area contributed by atoms with E-state index in [2.05, 4.69) is 23.3 Å². The van der Waals surface area contributed by atoms with Gasteiger partial charge in [-0.05, 0) is 54.7 Å². The van der Waals surface area contributed by atoms with Gasteiger partial charge in [-0.2, -0.15) is 0 Å². The number of rotatable bonds is 6. The Labute approximate surface area is 178 Å². The first kappa shape index (κ1) is 18.8. The lowest BCUT2D eigenvalue weighted by atomic mass is 10.0. The molecular formula is C22H23N5S2. The Balaban J connectivity index is 1.68. The SMILES string of the molecule is CCCc1nc2sc3c(NCc4cccnc4)nc(SC)nc3c2c2c1CCC2. The number of aromatic nitrogens is 4. The van der Waals surface area contributed by atoms with E-state index in [0.29, 0.717) is 6.54 Å². The summed E-state index contributed by atoms with van der Waals surface area (Å²) in [4.78, 5) is 20.1. The lowest BCUT2D eigenvalue weighted by Gasteiger charge is -2.09. The molecule has 0 unspecified atom stereocenters. The first-order chi connectivity index (χ1) is 14.3. The zero-order valence-electron chi connectivity index (χ0n) is 16.7. The molecule has 0 saturated carbocycles. The molecule has 0 aromatic carbocycles. The van der Waals surface area contributed by atoms with Crippen LogP contribution in [-0.4, -0.2) is 26.2 Å². The number of hydrogen-bond donors (Lipinski definition) is 1. The number of aryl methyl sites for hydroxylation is 2. The van der Waals surface area contributed by atoms with Gasteiger partial charge in [0.2, 0.25) is 0 Å². The zero-order chi connectivity index (χ0) is 19.8. The standard InChI is InChI=1S/C22H23N5S2/c1-3-6-16-14-8-4-9-15(14)17-18-19(29-21(17)25-16)20(27-22(26-18)28-2)24-12-13-7-5-10-23-11-13/h5,7,10-11H,3-4,6,8-9,12H2,1-2H3,(H,24,26,27). The fourth-order valence-electron chi connectivity index (χ4n) is 4.17. The maximum atomic E-state index is 5.09. The van der Waals surface area contributed by atoms with Gasteiger partial charge in [-0.25, -0.2) is 15.0 Å². The van der Waals surface area contributed by atoms with Crippen LogP contribution in [0.25, 0.3) is 20.4 Å². The molecule has 1 aliphatic carbocycles. The third-order valence-corrected chi connectivity index (χ3v) is 7.08. The largest absolute Gasteiger partial charge is 0.365 e. The topological polar surface area (TPSA) is 63.6 Å². The molecule has 5 rings (SSSR count). The van der Waals surface area contributed by atoms with Gasteiger partial charge < -0.3 is 5.32 Å². The Hall–Kier alpha value is -2.25. The summed E-state index contributed by atoms with van der Waals surface area (Å²) in [5.74, 6) is 0.898. The van der Waals surface area contributed by atoms with Gasteiger partial charge in [0.1, 0.15) is 10.6 Å². The van der Waals surface area contributed by atoms with Crippen molar-refractivity contribution in [2.45, 2.75) is 50.7 Å². The van der Waals surface area contributed by atoms with Crippen molar-refractivity contribution in [3.8, 4) is 0 Å². The molecule has 4 heterocycles. The van der Waals surface area contributed by atoms with E-state index in [1.807, 2.05) is 18.5 Å². The molecule has 0 amide bonds. The minimum atomic E-state index is 0.689. The molecule has 0 atom stereocenters. The summed E-state index contributed by atoms with van der Waals surface area (Å²) >= 11 is 3.31. The lowest BCUT2D eigenvalue weighted by Crippen LogP contribution is -2.03. The second kappa shape index (κ2) is 7.88. The molecule has 4 aromatic heterocycles. The third kappa shape index (κ3) is 3.36. The van der Waals surface area contributed by atoms with Gasteiger partial charge in [0.25, 0.3) is 0 Å². The van der Waals surface area contributed by atoms with Crippen molar-refractivity contribution < 1.29 is 0 Å². The van der Waals surface area contributed by atoms with E-state index in [1.54, 1.807) is 29.3 Å². The van der Waals surface area contributed by atoms with Crippen LogP contribution in [0.1, 0.15) is 42.1 Å². The third-order valence-electron chi connectivity index (χ3n) is 5.45. The van der Waals surface area contributed by atoms with Gasteiger partial charge in [0, 0.05) is 30.0 Å². The average Bonchev–Trinajstić information content (AvgIpc) is 3.37. The second-order valence-electron chi connectivity index (χ2n) is 7.35. The van der Waals surface area contributed by atoms with E-state index in [-0.39, 0.29) is 0 Å². The van der Waals surface area contributed by atoms with Crippen LogP contribution in [0.5, 0.6) is 0 Å². The number of pyridine rings is 2. The molecule has 0 saturated heterocycles. The van der Waals surface area contributed by atoms with Crippen LogP contribution < -0.4 is 5.32 Å². The Kier molecular flexibility index (Phi) is 5.09. The molecule has 0 fully saturated rings. The summed E-state index contributed by atoms with van der Waals surface area (Å²) in [5, 5.41) is 5.59. The molecule has 0 radical (unpaired) electrons. The summed E-state index contributed by atoms with van der Waals surface area (Å²) in [5.41, 5.74) is 6.45. The number of nitrogens with zero attached hydrogens (tertiary/aromatic N) is 4. The lowest BCUT2D eigenvalue weighted by molar-refractivity contribution is 0.856. The van der Waals surface area contributed by atoms with Crippen molar-refractivity contribution in [2.75, 3.05) is 11.6 Å². The highest BCUT2D eigenvalue weighted by atomic mass is 32.2. The first-order valence-electron chi connectivity index (χ1n) is 10.1. The minimum absolute atomic E-state index is 0.689. The van der Waals surface area contributed by atoms with Crippen molar-refractivity contribution >= 4 is 49.3 Å². The molecule has 148 valence electrons. The highest BCUT2D eigenvalue weighted by Gasteiger charge is 2.24. The van der Waals surface area contributed by atoms with Crippen LogP contribution in [0.4, 0.5) is 5.82 Å². The predicted molar refractivity (Wildman–Crippen MR) is 122 cm³/mol. The monoisotopic (exact) mass is 421 g/mol. The van der Waals surface area contributed by atoms with Crippen molar-refractivity contribution in [2.24, 2.45) is 0 Å². The number of nitrogens with one attached hydrogen (secondary N) is 1. The first-order valence-corrected chi connectivity index (χ1v) is 12.1. The van der Waals surface area contributed by atoms with Gasteiger partial charge in [0.15, 0.2) is 5.16 Å². The summed E-state index contributed by atoms with van der Waals surface area (Å²) in [6, 6.07) is 4.03.